The number of nitrogens with one attached hydrogen (secondary N) is 1. The van der Waals surface area contributed by atoms with Crippen LogP contribution < -0.4 is 16.0 Å². The maximum Gasteiger partial charge on any atom is 0.124 e. The Morgan fingerprint density at radius 1 is 1.37 bits per heavy atom. The number of methoxy groups -OCH3 is 1. The molecule has 0 saturated carbocycles. The van der Waals surface area contributed by atoms with E-state index in [2.05, 4.69) is 5.43 Å². The maximum absolute atomic E-state index is 13.5. The van der Waals surface area contributed by atoms with Crippen molar-refractivity contribution >= 4 is 0 Å². The lowest BCUT2D eigenvalue weighted by Crippen LogP contribution is -2.29. The molecule has 0 saturated heterocycles. The first-order chi connectivity index (χ1) is 9.21. The van der Waals surface area contributed by atoms with Gasteiger partial charge in [0.05, 0.1) is 19.4 Å². The predicted octanol–water partition coefficient (Wildman–Crippen LogP) is 2.54. The second-order valence-corrected chi connectivity index (χ2v) is 4.14. The van der Waals surface area contributed by atoms with E-state index in [1.165, 1.54) is 12.1 Å². The average molecular weight is 264 g/mol. The van der Waals surface area contributed by atoms with Gasteiger partial charge in [-0.25, -0.2) is 9.82 Å². The SMILES string of the molecule is CCc1occc1C(NN)c1cc(F)ccc1OC. The number of hydrogen-bond donors (Lipinski definition) is 2. The molecule has 1 aromatic heterocycles. The van der Waals surface area contributed by atoms with Gasteiger partial charge in [0.15, 0.2) is 0 Å². The fraction of sp³-hybridized carbons (Fsp3) is 0.286. The van der Waals surface area contributed by atoms with Crippen LogP contribution in [0.25, 0.3) is 0 Å². The first-order valence-corrected chi connectivity index (χ1v) is 6.07. The molecule has 0 bridgehead atoms. The van der Waals surface area contributed by atoms with Crippen LogP contribution >= 0.6 is 0 Å². The Hall–Kier alpha value is -1.85. The van der Waals surface area contributed by atoms with Gasteiger partial charge >= 0.3 is 0 Å². The minimum absolute atomic E-state index is 0.336. The predicted molar refractivity (Wildman–Crippen MR) is 70.2 cm³/mol. The quantitative estimate of drug-likeness (QED) is 0.643. The fourth-order valence-corrected chi connectivity index (χ4v) is 2.17. The summed E-state index contributed by atoms with van der Waals surface area (Å²) in [7, 11) is 1.54. The monoisotopic (exact) mass is 264 g/mol. The van der Waals surface area contributed by atoms with Gasteiger partial charge in [-0.15, -0.1) is 0 Å². The van der Waals surface area contributed by atoms with Crippen LogP contribution in [-0.4, -0.2) is 7.11 Å². The molecule has 0 radical (unpaired) electrons. The summed E-state index contributed by atoms with van der Waals surface area (Å²) in [6.07, 6.45) is 2.34. The highest BCUT2D eigenvalue weighted by Crippen LogP contribution is 2.32. The van der Waals surface area contributed by atoms with E-state index >= 15 is 0 Å². The van der Waals surface area contributed by atoms with E-state index in [4.69, 9.17) is 15.0 Å². The van der Waals surface area contributed by atoms with Gasteiger partial charge in [-0.2, -0.15) is 0 Å². The van der Waals surface area contributed by atoms with E-state index in [1.807, 2.05) is 13.0 Å². The zero-order chi connectivity index (χ0) is 13.8. The Bertz CT molecular complexity index is 554. The van der Waals surface area contributed by atoms with Crippen molar-refractivity contribution in [2.75, 3.05) is 7.11 Å². The second kappa shape index (κ2) is 5.86. The van der Waals surface area contributed by atoms with E-state index in [0.29, 0.717) is 11.3 Å². The molecular formula is C14H17FN2O2. The fourth-order valence-electron chi connectivity index (χ4n) is 2.17. The molecule has 1 unspecified atom stereocenters. The van der Waals surface area contributed by atoms with Crippen LogP contribution in [0.3, 0.4) is 0 Å². The topological polar surface area (TPSA) is 60.4 Å². The number of hydrazine groups is 1. The van der Waals surface area contributed by atoms with Gasteiger partial charge in [0.25, 0.3) is 0 Å². The normalized spacial score (nSPS) is 12.4. The average Bonchev–Trinajstić information content (AvgIpc) is 2.88. The summed E-state index contributed by atoms with van der Waals surface area (Å²) in [6.45, 7) is 1.98. The molecule has 1 atom stereocenters. The van der Waals surface area contributed by atoms with Gasteiger partial charge in [-0.1, -0.05) is 6.92 Å². The number of hydrogen-bond acceptors (Lipinski definition) is 4. The highest BCUT2D eigenvalue weighted by molar-refractivity contribution is 5.42. The summed E-state index contributed by atoms with van der Waals surface area (Å²) in [5.41, 5.74) is 4.21. The largest absolute Gasteiger partial charge is 0.496 e. The van der Waals surface area contributed by atoms with Crippen molar-refractivity contribution in [1.82, 2.24) is 5.43 Å². The van der Waals surface area contributed by atoms with E-state index in [9.17, 15) is 4.39 Å². The summed E-state index contributed by atoms with van der Waals surface area (Å²) in [5.74, 6) is 6.68. The molecule has 19 heavy (non-hydrogen) atoms. The smallest absolute Gasteiger partial charge is 0.124 e. The first kappa shape index (κ1) is 13.6. The van der Waals surface area contributed by atoms with Crippen LogP contribution in [0.1, 0.15) is 29.9 Å². The second-order valence-electron chi connectivity index (χ2n) is 4.14. The first-order valence-electron chi connectivity index (χ1n) is 6.07. The molecule has 3 N–H and O–H groups in total. The standard InChI is InChI=1S/C14H17FN2O2/c1-3-12-10(6-7-19-12)14(17-16)11-8-9(15)4-5-13(11)18-2/h4-8,14,17H,3,16H2,1-2H3. The van der Waals surface area contributed by atoms with Crippen LogP contribution in [0.4, 0.5) is 4.39 Å². The van der Waals surface area contributed by atoms with Crippen LogP contribution in [0.5, 0.6) is 5.75 Å². The van der Waals surface area contributed by atoms with Crippen molar-refractivity contribution in [3.05, 3.63) is 53.2 Å². The van der Waals surface area contributed by atoms with Crippen molar-refractivity contribution in [3.63, 3.8) is 0 Å². The summed E-state index contributed by atoms with van der Waals surface area (Å²) in [4.78, 5) is 0. The van der Waals surface area contributed by atoms with E-state index in [1.54, 1.807) is 19.4 Å². The molecule has 0 aliphatic rings. The van der Waals surface area contributed by atoms with Crippen molar-refractivity contribution in [2.45, 2.75) is 19.4 Å². The maximum atomic E-state index is 13.5. The minimum atomic E-state index is -0.376. The van der Waals surface area contributed by atoms with Gasteiger partial charge in [0.2, 0.25) is 0 Å². The Labute approximate surface area is 111 Å². The molecule has 2 aromatic rings. The van der Waals surface area contributed by atoms with Crippen LogP contribution in [0.2, 0.25) is 0 Å². The van der Waals surface area contributed by atoms with Gasteiger partial charge in [0.1, 0.15) is 17.3 Å². The zero-order valence-electron chi connectivity index (χ0n) is 10.9. The van der Waals surface area contributed by atoms with Crippen LogP contribution in [0.15, 0.2) is 34.9 Å². The van der Waals surface area contributed by atoms with Crippen molar-refractivity contribution in [3.8, 4) is 5.75 Å². The van der Waals surface area contributed by atoms with Crippen LogP contribution in [0, 0.1) is 5.82 Å². The molecule has 0 aliphatic carbocycles. The summed E-state index contributed by atoms with van der Waals surface area (Å²) >= 11 is 0. The highest BCUT2D eigenvalue weighted by Gasteiger charge is 2.21. The third kappa shape index (κ3) is 2.62. The molecule has 4 nitrogen and oxygen atoms in total. The van der Waals surface area contributed by atoms with Crippen LogP contribution in [-0.2, 0) is 6.42 Å². The molecule has 0 fully saturated rings. The number of benzene rings is 1. The molecular weight excluding hydrogens is 247 g/mol. The Morgan fingerprint density at radius 2 is 2.16 bits per heavy atom. The van der Waals surface area contributed by atoms with Crippen molar-refractivity contribution in [1.29, 1.82) is 0 Å². The van der Waals surface area contributed by atoms with E-state index in [0.717, 1.165) is 17.7 Å². The Kier molecular flexibility index (Phi) is 4.19. The van der Waals surface area contributed by atoms with E-state index < -0.39 is 0 Å². The number of halogens is 1. The number of nitrogens with two attached hydrogens (primary N) is 1. The molecule has 0 aliphatic heterocycles. The number of ether oxygens (including phenoxy) is 1. The molecule has 0 amide bonds. The number of rotatable bonds is 5. The molecule has 1 heterocycles. The molecule has 0 spiro atoms. The Morgan fingerprint density at radius 3 is 2.79 bits per heavy atom. The highest BCUT2D eigenvalue weighted by atomic mass is 19.1. The summed E-state index contributed by atoms with van der Waals surface area (Å²) in [6, 6.07) is 5.80. The van der Waals surface area contributed by atoms with Crippen molar-refractivity contribution in [2.24, 2.45) is 5.84 Å². The Balaban J connectivity index is 2.50. The number of aryl methyl sites for hydroxylation is 1. The van der Waals surface area contributed by atoms with E-state index in [-0.39, 0.29) is 11.9 Å². The van der Waals surface area contributed by atoms with Crippen molar-refractivity contribution < 1.29 is 13.5 Å². The van der Waals surface area contributed by atoms with Gasteiger partial charge in [0, 0.05) is 17.5 Å². The summed E-state index contributed by atoms with van der Waals surface area (Å²) in [5, 5.41) is 0. The molecule has 2 rings (SSSR count). The minimum Gasteiger partial charge on any atom is -0.496 e. The van der Waals surface area contributed by atoms with Gasteiger partial charge < -0.3 is 9.15 Å². The third-order valence-electron chi connectivity index (χ3n) is 3.08. The number of furan rings is 1. The van der Waals surface area contributed by atoms with Gasteiger partial charge in [-0.05, 0) is 24.3 Å². The molecule has 5 heteroatoms. The van der Waals surface area contributed by atoms with Gasteiger partial charge in [-0.3, -0.25) is 5.84 Å². The molecule has 102 valence electrons. The lowest BCUT2D eigenvalue weighted by atomic mass is 9.98. The zero-order valence-corrected chi connectivity index (χ0v) is 10.9. The summed E-state index contributed by atoms with van der Waals surface area (Å²) < 4.78 is 24.1. The lowest BCUT2D eigenvalue weighted by molar-refractivity contribution is 0.402. The molecule has 1 aromatic carbocycles. The lowest BCUT2D eigenvalue weighted by Gasteiger charge is -2.19. The third-order valence-corrected chi connectivity index (χ3v) is 3.08.